The molecule has 3 fully saturated rings. The van der Waals surface area contributed by atoms with Gasteiger partial charge in [0, 0.05) is 18.8 Å². The Morgan fingerprint density at radius 3 is 2.15 bits per heavy atom. The molecule has 46 heavy (non-hydrogen) atoms. The highest BCUT2D eigenvalue weighted by Crippen LogP contribution is 2.67. The fourth-order valence-corrected chi connectivity index (χ4v) is 6.56. The van der Waals surface area contributed by atoms with Crippen LogP contribution in [-0.2, 0) is 39.9 Å². The van der Waals surface area contributed by atoms with Crippen molar-refractivity contribution in [1.82, 2.24) is 0 Å². The van der Waals surface area contributed by atoms with Gasteiger partial charge in [-0.15, -0.1) is 0 Å². The molecule has 13 heteroatoms. The predicted molar refractivity (Wildman–Crippen MR) is 160 cm³/mol. The molecule has 3 saturated carbocycles. The Kier molecular flexibility index (Phi) is 11.5. The van der Waals surface area contributed by atoms with Crippen LogP contribution in [0.25, 0.3) is 0 Å². The SMILES string of the molecule is CC1CCC(C(C)C)C(OC(=O)O)C1.C[C@@H](OC(=O)C(C)(C)C)OC(=O)[C@@]1(N)[C@H]2[C@@H](C[C@H]1OCc1ccc(F)cc1)[C@]2(F)C(=O)O. The summed E-state index contributed by atoms with van der Waals surface area (Å²) in [6, 6.07) is 5.42. The molecule has 3 unspecified atom stereocenters. The molecular weight excluding hydrogens is 608 g/mol. The van der Waals surface area contributed by atoms with E-state index in [0.29, 0.717) is 23.3 Å². The smallest absolute Gasteiger partial charge is 0.479 e. The van der Waals surface area contributed by atoms with Crippen LogP contribution in [0.1, 0.15) is 79.7 Å². The number of rotatable bonds is 9. The zero-order valence-corrected chi connectivity index (χ0v) is 27.5. The number of esters is 2. The summed E-state index contributed by atoms with van der Waals surface area (Å²) in [7, 11) is 0. The minimum atomic E-state index is -2.67. The topological polar surface area (TPSA) is 172 Å². The normalized spacial score (nSPS) is 32.3. The lowest BCUT2D eigenvalue weighted by Gasteiger charge is -2.35. The molecule has 1 aromatic carbocycles. The average Bonchev–Trinajstić information content (AvgIpc) is 3.42. The van der Waals surface area contributed by atoms with Gasteiger partial charge in [-0.05, 0) is 75.5 Å². The molecule has 3 aliphatic carbocycles. The van der Waals surface area contributed by atoms with E-state index in [1.807, 2.05) is 0 Å². The van der Waals surface area contributed by atoms with Crippen LogP contribution in [0, 0.1) is 40.8 Å². The minimum absolute atomic E-state index is 0.0580. The summed E-state index contributed by atoms with van der Waals surface area (Å²) in [6.45, 7) is 12.5. The van der Waals surface area contributed by atoms with Crippen LogP contribution < -0.4 is 5.73 Å². The Hall–Kier alpha value is -3.32. The highest BCUT2D eigenvalue weighted by atomic mass is 19.1. The van der Waals surface area contributed by atoms with Gasteiger partial charge < -0.3 is 34.9 Å². The van der Waals surface area contributed by atoms with E-state index in [4.69, 9.17) is 29.8 Å². The lowest BCUT2D eigenvalue weighted by Crippen LogP contribution is -2.61. The van der Waals surface area contributed by atoms with Gasteiger partial charge in [-0.25, -0.2) is 23.2 Å². The second-order valence-electron chi connectivity index (χ2n) is 14.1. The number of carbonyl (C=O) groups is 4. The van der Waals surface area contributed by atoms with Crippen molar-refractivity contribution in [3.05, 3.63) is 35.6 Å². The molecule has 0 heterocycles. The van der Waals surface area contributed by atoms with Crippen molar-refractivity contribution in [1.29, 1.82) is 0 Å². The molecule has 3 aliphatic rings. The van der Waals surface area contributed by atoms with Crippen LogP contribution in [0.15, 0.2) is 24.3 Å². The van der Waals surface area contributed by atoms with Crippen LogP contribution in [0.5, 0.6) is 0 Å². The van der Waals surface area contributed by atoms with Gasteiger partial charge in [0.25, 0.3) is 0 Å². The maximum atomic E-state index is 15.0. The lowest BCUT2D eigenvalue weighted by molar-refractivity contribution is -0.198. The van der Waals surface area contributed by atoms with Crippen LogP contribution in [0.4, 0.5) is 13.6 Å². The zero-order chi connectivity index (χ0) is 34.8. The van der Waals surface area contributed by atoms with Crippen molar-refractivity contribution < 1.29 is 57.1 Å². The number of carbonyl (C=O) groups excluding carboxylic acids is 2. The maximum absolute atomic E-state index is 15.0. The molecule has 0 bridgehead atoms. The zero-order valence-electron chi connectivity index (χ0n) is 27.5. The Balaban J connectivity index is 0.000000344. The van der Waals surface area contributed by atoms with E-state index in [-0.39, 0.29) is 19.1 Å². The van der Waals surface area contributed by atoms with Crippen molar-refractivity contribution in [3.63, 3.8) is 0 Å². The van der Waals surface area contributed by atoms with E-state index in [0.717, 1.165) is 12.8 Å². The third kappa shape index (κ3) is 8.14. The van der Waals surface area contributed by atoms with Gasteiger partial charge in [0.2, 0.25) is 12.0 Å². The van der Waals surface area contributed by atoms with Crippen molar-refractivity contribution in [2.75, 3.05) is 0 Å². The molecule has 4 rings (SSSR count). The first-order valence-corrected chi connectivity index (χ1v) is 15.6. The van der Waals surface area contributed by atoms with Crippen LogP contribution in [0.3, 0.4) is 0 Å². The number of nitrogens with two attached hydrogens (primary N) is 1. The third-order valence-corrected chi connectivity index (χ3v) is 9.22. The molecule has 258 valence electrons. The van der Waals surface area contributed by atoms with E-state index in [9.17, 15) is 28.7 Å². The highest BCUT2D eigenvalue weighted by Gasteiger charge is 2.85. The van der Waals surface area contributed by atoms with Gasteiger partial charge in [0.05, 0.1) is 18.1 Å². The second-order valence-corrected chi connectivity index (χ2v) is 14.1. The first-order valence-electron chi connectivity index (χ1n) is 15.6. The Morgan fingerprint density at radius 1 is 1.02 bits per heavy atom. The van der Waals surface area contributed by atoms with Crippen molar-refractivity contribution >= 4 is 24.1 Å². The average molecular weight is 656 g/mol. The molecule has 4 N–H and O–H groups in total. The third-order valence-electron chi connectivity index (χ3n) is 9.22. The molecule has 0 radical (unpaired) electrons. The summed E-state index contributed by atoms with van der Waals surface area (Å²) in [6.07, 6.45) is -0.538. The summed E-state index contributed by atoms with van der Waals surface area (Å²) in [5.74, 6) is -4.78. The molecular formula is C33H47F2NO10. The molecule has 11 nitrogen and oxygen atoms in total. The second kappa shape index (κ2) is 14.2. The van der Waals surface area contributed by atoms with E-state index in [2.05, 4.69) is 20.8 Å². The summed E-state index contributed by atoms with van der Waals surface area (Å²) in [5, 5.41) is 17.9. The standard InChI is InChI=1S/C22H27F2NO7.C11H20O3/c1-11(31-18(28)20(2,3)4)32-19(29)22(25)15(9-14-16(22)21(14,24)17(26)27)30-10-12-5-7-13(23)8-6-12;1-7(2)9-5-4-8(3)6-10(9)14-11(12)13/h5-8,11,14-16H,9-10,25H2,1-4H3,(H,26,27);7-10H,4-6H2,1-3H3,(H,12,13)/t11-,14+,15+,16-,21+,22-;/m0./s1. The van der Waals surface area contributed by atoms with E-state index in [1.165, 1.54) is 37.6 Å². The van der Waals surface area contributed by atoms with Gasteiger partial charge in [-0.3, -0.25) is 4.79 Å². The molecule has 0 aliphatic heterocycles. The van der Waals surface area contributed by atoms with Crippen LogP contribution in [0.2, 0.25) is 0 Å². The molecule has 0 aromatic heterocycles. The quantitative estimate of drug-likeness (QED) is 0.228. The molecule has 9 atom stereocenters. The Labute approximate surface area is 268 Å². The van der Waals surface area contributed by atoms with E-state index < -0.39 is 70.7 Å². The van der Waals surface area contributed by atoms with Gasteiger partial charge in [0.1, 0.15) is 17.5 Å². The maximum Gasteiger partial charge on any atom is 0.506 e. The molecule has 0 amide bonds. The summed E-state index contributed by atoms with van der Waals surface area (Å²) in [5.41, 5.74) is 1.24. The fourth-order valence-electron chi connectivity index (χ4n) is 6.56. The summed E-state index contributed by atoms with van der Waals surface area (Å²) < 4.78 is 49.1. The minimum Gasteiger partial charge on any atom is -0.479 e. The van der Waals surface area contributed by atoms with Gasteiger partial charge in [-0.2, -0.15) is 0 Å². The number of carboxylic acids is 1. The fraction of sp³-hybridized carbons (Fsp3) is 0.697. The van der Waals surface area contributed by atoms with Gasteiger partial charge in [0.15, 0.2) is 0 Å². The number of aliphatic carboxylic acids is 1. The number of carboxylic acid groups (broad SMARTS) is 2. The molecule has 0 spiro atoms. The van der Waals surface area contributed by atoms with Crippen LogP contribution in [-0.4, -0.2) is 64.0 Å². The number of fused-ring (bicyclic) bond motifs is 1. The Bertz CT molecular complexity index is 1270. The first-order chi connectivity index (χ1) is 21.2. The highest BCUT2D eigenvalue weighted by molar-refractivity contribution is 5.91. The van der Waals surface area contributed by atoms with E-state index >= 15 is 4.39 Å². The number of halogens is 2. The Morgan fingerprint density at radius 2 is 1.63 bits per heavy atom. The van der Waals surface area contributed by atoms with Crippen LogP contribution >= 0.6 is 0 Å². The number of hydrogen-bond acceptors (Lipinski definition) is 9. The van der Waals surface area contributed by atoms with Crippen molar-refractivity contribution in [2.24, 2.45) is 40.7 Å². The summed E-state index contributed by atoms with van der Waals surface area (Å²) in [4.78, 5) is 47.0. The monoisotopic (exact) mass is 655 g/mol. The molecule has 1 aromatic rings. The number of hydrogen-bond donors (Lipinski definition) is 3. The lowest BCUT2D eigenvalue weighted by atomic mass is 9.75. The number of alkyl halides is 1. The largest absolute Gasteiger partial charge is 0.506 e. The van der Waals surface area contributed by atoms with E-state index in [1.54, 1.807) is 20.8 Å². The first kappa shape index (κ1) is 37.1. The van der Waals surface area contributed by atoms with Crippen molar-refractivity contribution in [3.8, 4) is 0 Å². The predicted octanol–water partition coefficient (Wildman–Crippen LogP) is 5.47. The van der Waals surface area contributed by atoms with Gasteiger partial charge >= 0.3 is 24.1 Å². The molecule has 0 saturated heterocycles. The van der Waals surface area contributed by atoms with Crippen molar-refractivity contribution in [2.45, 2.75) is 110 Å². The summed E-state index contributed by atoms with van der Waals surface area (Å²) >= 11 is 0. The number of benzene rings is 1. The van der Waals surface area contributed by atoms with Gasteiger partial charge in [-0.1, -0.05) is 39.3 Å². The number of ether oxygens (including phenoxy) is 4.